The summed E-state index contributed by atoms with van der Waals surface area (Å²) in [6.45, 7) is -0.340. The number of aromatic nitrogens is 4. The number of hydrogen-bond donors (Lipinski definition) is 2. The summed E-state index contributed by atoms with van der Waals surface area (Å²) in [7, 11) is 3.15. The molecule has 9 rings (SSSR count). The van der Waals surface area contributed by atoms with E-state index in [0.29, 0.717) is 22.6 Å². The van der Waals surface area contributed by atoms with E-state index in [9.17, 15) is 19.5 Å². The number of nitrogens with one attached hydrogen (secondary N) is 1. The lowest BCUT2D eigenvalue weighted by atomic mass is 9.80. The minimum atomic E-state index is -1.63. The highest BCUT2D eigenvalue weighted by atomic mass is 16.6. The van der Waals surface area contributed by atoms with Crippen LogP contribution in [0, 0.1) is 0 Å². The van der Waals surface area contributed by atoms with Gasteiger partial charge in [0, 0.05) is 11.1 Å². The number of benzene rings is 6. The number of aliphatic hydroxyl groups is 1. The minimum absolute atomic E-state index is 0.132. The molecule has 3 heterocycles. The van der Waals surface area contributed by atoms with E-state index < -0.39 is 53.6 Å². The first-order chi connectivity index (χ1) is 32.7. The number of fused-ring (bicyclic) bond motifs is 1. The molecule has 336 valence electrons. The second kappa shape index (κ2) is 19.1. The number of ether oxygens (including phenoxy) is 5. The van der Waals surface area contributed by atoms with Crippen LogP contribution in [0.25, 0.3) is 11.2 Å². The Balaban J connectivity index is 1.18. The number of amides is 1. The summed E-state index contributed by atoms with van der Waals surface area (Å²) >= 11 is 0. The van der Waals surface area contributed by atoms with Gasteiger partial charge in [-0.2, -0.15) is 0 Å². The number of hydrogen-bond acceptors (Lipinski definition) is 12. The molecule has 4 atom stereocenters. The highest BCUT2D eigenvalue weighted by molar-refractivity contribution is 6.09. The number of imidazole rings is 1. The highest BCUT2D eigenvalue weighted by Gasteiger charge is 2.51. The maximum atomic E-state index is 15.1. The van der Waals surface area contributed by atoms with Gasteiger partial charge in [0.1, 0.15) is 41.2 Å². The molecular formula is C52H43N5O10. The molecule has 1 aliphatic heterocycles. The molecule has 0 saturated carbocycles. The fourth-order valence-electron chi connectivity index (χ4n) is 8.27. The Morgan fingerprint density at radius 3 is 1.73 bits per heavy atom. The van der Waals surface area contributed by atoms with Crippen molar-refractivity contribution >= 4 is 34.8 Å². The molecule has 0 aliphatic carbocycles. The fourth-order valence-corrected chi connectivity index (χ4v) is 8.27. The summed E-state index contributed by atoms with van der Waals surface area (Å²) in [6.07, 6.45) is -5.00. The fraction of sp³-hybridized carbons (Fsp3) is 0.154. The number of anilines is 1. The van der Waals surface area contributed by atoms with Crippen LogP contribution >= 0.6 is 0 Å². The Labute approximate surface area is 383 Å². The van der Waals surface area contributed by atoms with Crippen LogP contribution < -0.4 is 20.5 Å². The zero-order valence-corrected chi connectivity index (χ0v) is 36.2. The van der Waals surface area contributed by atoms with E-state index in [4.69, 9.17) is 23.7 Å². The van der Waals surface area contributed by atoms with Gasteiger partial charge in [-0.1, -0.05) is 109 Å². The molecule has 0 spiro atoms. The molecule has 1 fully saturated rings. The lowest BCUT2D eigenvalue weighted by molar-refractivity contribution is -0.0951. The number of carbonyl (C=O) groups is 3. The topological polar surface area (TPSA) is 182 Å². The Hall–Kier alpha value is -8.24. The first-order valence-corrected chi connectivity index (χ1v) is 21.2. The van der Waals surface area contributed by atoms with Crippen molar-refractivity contribution in [1.82, 2.24) is 19.1 Å². The number of carbonyl (C=O) groups excluding carboxylic acids is 3. The van der Waals surface area contributed by atoms with Crippen molar-refractivity contribution in [3.8, 4) is 11.5 Å². The SMILES string of the molecule is COc1ccc(C(OC[C@H]2O[C@@H](n3c(=O)n(C(=O)c4ccccc4)c4c(NC(=O)c5ccccc5)ncnc43)[C@H](OC(=O)c3ccccc3)C2O)(c2ccccc2)c2ccc(OC)cc2)cc1. The van der Waals surface area contributed by atoms with E-state index in [1.807, 2.05) is 78.9 Å². The predicted octanol–water partition coefficient (Wildman–Crippen LogP) is 7.04. The number of rotatable bonds is 14. The first kappa shape index (κ1) is 44.0. The van der Waals surface area contributed by atoms with Crippen molar-refractivity contribution in [2.24, 2.45) is 0 Å². The van der Waals surface area contributed by atoms with E-state index in [1.54, 1.807) is 93.1 Å². The van der Waals surface area contributed by atoms with Crippen LogP contribution in [-0.4, -0.2) is 81.1 Å². The third-order valence-electron chi connectivity index (χ3n) is 11.6. The van der Waals surface area contributed by atoms with Crippen LogP contribution in [0.3, 0.4) is 0 Å². The van der Waals surface area contributed by atoms with Gasteiger partial charge in [-0.25, -0.2) is 28.7 Å². The number of methoxy groups -OCH3 is 2. The van der Waals surface area contributed by atoms with Gasteiger partial charge in [0.05, 0.1) is 26.4 Å². The molecule has 2 N–H and O–H groups in total. The van der Waals surface area contributed by atoms with Crippen LogP contribution in [0.4, 0.5) is 5.82 Å². The lowest BCUT2D eigenvalue weighted by Crippen LogP contribution is -2.41. The Kier molecular flexibility index (Phi) is 12.5. The molecule has 6 aromatic carbocycles. The van der Waals surface area contributed by atoms with E-state index >= 15 is 4.79 Å². The monoisotopic (exact) mass is 897 g/mol. The second-order valence-electron chi connectivity index (χ2n) is 15.5. The molecule has 1 unspecified atom stereocenters. The van der Waals surface area contributed by atoms with E-state index in [1.165, 1.54) is 12.1 Å². The van der Waals surface area contributed by atoms with Gasteiger partial charge in [-0.05, 0) is 77.4 Å². The van der Waals surface area contributed by atoms with Gasteiger partial charge >= 0.3 is 11.7 Å². The molecule has 15 nitrogen and oxygen atoms in total. The van der Waals surface area contributed by atoms with Crippen LogP contribution in [0.1, 0.15) is 54.0 Å². The van der Waals surface area contributed by atoms with Gasteiger partial charge in [0.25, 0.3) is 11.8 Å². The van der Waals surface area contributed by atoms with Gasteiger partial charge in [-0.15, -0.1) is 0 Å². The van der Waals surface area contributed by atoms with Gasteiger partial charge in [-0.3, -0.25) is 9.59 Å². The predicted molar refractivity (Wildman–Crippen MR) is 246 cm³/mol. The lowest BCUT2D eigenvalue weighted by Gasteiger charge is -2.37. The van der Waals surface area contributed by atoms with Crippen LogP contribution in [0.15, 0.2) is 181 Å². The standard InChI is InChI=1S/C52H43N5O10/c1-63-39-27-23-37(24-28-39)52(36-21-13-6-14-22-36,38-25-29-40(64-2)30-26-38)65-31-41-43(58)44(67-50(61)35-19-11-5-12-20-35)49(66-41)57-46-42(56(51(57)62)48(60)34-17-9-4-10-18-34)45(53-32-54-46)55-47(59)33-15-7-3-8-16-33/h3-30,32,41,43-44,49,58H,31H2,1-2H3,(H,53,54,55,59)/t41-,43?,44-,49-/m1/s1. The summed E-state index contributed by atoms with van der Waals surface area (Å²) in [4.78, 5) is 65.8. The van der Waals surface area contributed by atoms with Crippen LogP contribution in [0.5, 0.6) is 11.5 Å². The van der Waals surface area contributed by atoms with E-state index in [2.05, 4.69) is 15.3 Å². The largest absolute Gasteiger partial charge is 0.497 e. The molecule has 0 radical (unpaired) electrons. The molecule has 1 saturated heterocycles. The van der Waals surface area contributed by atoms with Gasteiger partial charge < -0.3 is 34.1 Å². The van der Waals surface area contributed by atoms with Crippen molar-refractivity contribution in [3.63, 3.8) is 0 Å². The van der Waals surface area contributed by atoms with Crippen LogP contribution in [-0.2, 0) is 19.8 Å². The molecule has 1 amide bonds. The van der Waals surface area contributed by atoms with Crippen molar-refractivity contribution < 1.29 is 43.2 Å². The number of nitrogens with zero attached hydrogens (tertiary/aromatic N) is 4. The molecular weight excluding hydrogens is 855 g/mol. The van der Waals surface area contributed by atoms with Crippen molar-refractivity contribution in [2.75, 3.05) is 26.1 Å². The van der Waals surface area contributed by atoms with Crippen molar-refractivity contribution in [3.05, 3.63) is 220 Å². The van der Waals surface area contributed by atoms with Gasteiger partial charge in [0.2, 0.25) is 0 Å². The molecule has 8 aromatic rings. The van der Waals surface area contributed by atoms with Gasteiger partial charge in [0.15, 0.2) is 23.8 Å². The quantitative estimate of drug-likeness (QED) is 0.0840. The van der Waals surface area contributed by atoms with E-state index in [0.717, 1.165) is 21.0 Å². The molecule has 67 heavy (non-hydrogen) atoms. The smallest absolute Gasteiger partial charge is 0.339 e. The molecule has 1 aliphatic rings. The van der Waals surface area contributed by atoms with Crippen molar-refractivity contribution in [1.29, 1.82) is 0 Å². The van der Waals surface area contributed by atoms with Crippen LogP contribution in [0.2, 0.25) is 0 Å². The average Bonchev–Trinajstić information content (AvgIpc) is 3.86. The Morgan fingerprint density at radius 2 is 1.18 bits per heavy atom. The van der Waals surface area contributed by atoms with E-state index in [-0.39, 0.29) is 40.3 Å². The Bertz CT molecular complexity index is 3030. The molecule has 0 bridgehead atoms. The maximum Gasteiger partial charge on any atom is 0.339 e. The van der Waals surface area contributed by atoms with Crippen molar-refractivity contribution in [2.45, 2.75) is 30.1 Å². The molecule has 2 aromatic heterocycles. The zero-order valence-electron chi connectivity index (χ0n) is 36.2. The third kappa shape index (κ3) is 8.45. The summed E-state index contributed by atoms with van der Waals surface area (Å²) < 4.78 is 32.7. The zero-order chi connectivity index (χ0) is 46.5. The number of esters is 1. The average molecular weight is 898 g/mol. The molecule has 15 heteroatoms. The second-order valence-corrected chi connectivity index (χ2v) is 15.5. The third-order valence-corrected chi connectivity index (χ3v) is 11.6. The summed E-state index contributed by atoms with van der Waals surface area (Å²) in [5, 5.41) is 15.1. The maximum absolute atomic E-state index is 15.1. The highest BCUT2D eigenvalue weighted by Crippen LogP contribution is 2.43. The Morgan fingerprint density at radius 1 is 0.672 bits per heavy atom. The summed E-state index contributed by atoms with van der Waals surface area (Å²) in [6, 6.07) is 48.8. The number of aliphatic hydroxyl groups excluding tert-OH is 1. The minimum Gasteiger partial charge on any atom is -0.497 e. The normalized spacial score (nSPS) is 16.9. The first-order valence-electron chi connectivity index (χ1n) is 21.2. The summed E-state index contributed by atoms with van der Waals surface area (Å²) in [5.74, 6) is -1.11. The summed E-state index contributed by atoms with van der Waals surface area (Å²) in [5.41, 5.74) is 0.0290.